The average Bonchev–Trinajstić information content (AvgIpc) is 2.10. The molecule has 0 saturated carbocycles. The van der Waals surface area contributed by atoms with Gasteiger partial charge in [0.15, 0.2) is 0 Å². The van der Waals surface area contributed by atoms with E-state index in [2.05, 4.69) is 5.32 Å². The lowest BCUT2D eigenvalue weighted by Crippen LogP contribution is -2.36. The number of amides is 1. The number of allylic oxidation sites excluding steroid dienone is 1. The Hall–Kier alpha value is -0.870. The van der Waals surface area contributed by atoms with Gasteiger partial charge in [-0.1, -0.05) is 6.08 Å². The van der Waals surface area contributed by atoms with E-state index in [-0.39, 0.29) is 18.6 Å². The monoisotopic (exact) mass is 186 g/mol. The van der Waals surface area contributed by atoms with Crippen LogP contribution in [0.4, 0.5) is 0 Å². The third kappa shape index (κ3) is 6.31. The van der Waals surface area contributed by atoms with E-state index in [9.17, 15) is 4.79 Å². The van der Waals surface area contributed by atoms with Crippen molar-refractivity contribution in [3.8, 4) is 0 Å². The van der Waals surface area contributed by atoms with E-state index in [1.54, 1.807) is 0 Å². The summed E-state index contributed by atoms with van der Waals surface area (Å²) in [6, 6.07) is -0.123. The summed E-state index contributed by atoms with van der Waals surface area (Å²) in [5.41, 5.74) is 6.61. The lowest BCUT2D eigenvalue weighted by atomic mass is 10.1. The number of aliphatic hydroxyl groups excluding tert-OH is 1. The predicted octanol–water partition coefficient (Wildman–Crippen LogP) is -0.222. The first kappa shape index (κ1) is 12.1. The Morgan fingerprint density at radius 3 is 2.69 bits per heavy atom. The van der Waals surface area contributed by atoms with Crippen LogP contribution in [-0.4, -0.2) is 30.2 Å². The van der Waals surface area contributed by atoms with Gasteiger partial charge in [0.2, 0.25) is 5.91 Å². The van der Waals surface area contributed by atoms with Gasteiger partial charge in [0.05, 0.1) is 6.61 Å². The molecular weight excluding hydrogens is 168 g/mol. The van der Waals surface area contributed by atoms with Crippen LogP contribution in [-0.2, 0) is 4.79 Å². The van der Waals surface area contributed by atoms with E-state index in [0.29, 0.717) is 13.0 Å². The van der Waals surface area contributed by atoms with E-state index in [1.807, 2.05) is 13.0 Å². The van der Waals surface area contributed by atoms with Gasteiger partial charge < -0.3 is 16.2 Å². The number of nitrogens with two attached hydrogens (primary N) is 1. The molecule has 4 nitrogen and oxygen atoms in total. The SMILES string of the molecule is C/C=C(/CO)CC(N)CNC(C)=O. The van der Waals surface area contributed by atoms with E-state index in [0.717, 1.165) is 5.57 Å². The Morgan fingerprint density at radius 1 is 1.69 bits per heavy atom. The van der Waals surface area contributed by atoms with Crippen LogP contribution in [0.5, 0.6) is 0 Å². The molecule has 0 rings (SSSR count). The van der Waals surface area contributed by atoms with Crippen LogP contribution < -0.4 is 11.1 Å². The maximum Gasteiger partial charge on any atom is 0.216 e. The fourth-order valence-corrected chi connectivity index (χ4v) is 0.957. The van der Waals surface area contributed by atoms with Gasteiger partial charge in [-0.2, -0.15) is 0 Å². The summed E-state index contributed by atoms with van der Waals surface area (Å²) in [5.74, 6) is -0.0820. The molecule has 4 N–H and O–H groups in total. The van der Waals surface area contributed by atoms with Gasteiger partial charge in [-0.3, -0.25) is 4.79 Å². The molecule has 1 atom stereocenters. The zero-order valence-corrected chi connectivity index (χ0v) is 8.21. The Balaban J connectivity index is 3.73. The quantitative estimate of drug-likeness (QED) is 0.519. The molecular formula is C9H18N2O2. The van der Waals surface area contributed by atoms with Crippen LogP contribution in [0.2, 0.25) is 0 Å². The van der Waals surface area contributed by atoms with Crippen molar-refractivity contribution in [1.82, 2.24) is 5.32 Å². The minimum atomic E-state index is -0.123. The highest BCUT2D eigenvalue weighted by Crippen LogP contribution is 2.01. The van der Waals surface area contributed by atoms with Gasteiger partial charge in [-0.15, -0.1) is 0 Å². The second kappa shape index (κ2) is 6.62. The van der Waals surface area contributed by atoms with Crippen LogP contribution >= 0.6 is 0 Å². The second-order valence-corrected chi connectivity index (χ2v) is 3.01. The Labute approximate surface area is 78.8 Å². The molecule has 0 spiro atoms. The molecule has 0 aromatic carbocycles. The molecule has 1 unspecified atom stereocenters. The summed E-state index contributed by atoms with van der Waals surface area (Å²) >= 11 is 0. The summed E-state index contributed by atoms with van der Waals surface area (Å²) in [6.07, 6.45) is 2.46. The minimum absolute atomic E-state index is 0.0320. The highest BCUT2D eigenvalue weighted by atomic mass is 16.3. The first-order valence-corrected chi connectivity index (χ1v) is 4.35. The largest absolute Gasteiger partial charge is 0.392 e. The molecule has 0 radical (unpaired) electrons. The number of hydrogen-bond acceptors (Lipinski definition) is 3. The van der Waals surface area contributed by atoms with Gasteiger partial charge in [0.1, 0.15) is 0 Å². The van der Waals surface area contributed by atoms with Gasteiger partial charge in [0.25, 0.3) is 0 Å². The molecule has 0 aliphatic carbocycles. The molecule has 0 heterocycles. The standard InChI is InChI=1S/C9H18N2O2/c1-3-8(6-12)4-9(10)5-11-7(2)13/h3,9,12H,4-6,10H2,1-2H3,(H,11,13)/b8-3+. The number of aliphatic hydroxyl groups is 1. The van der Waals surface area contributed by atoms with E-state index in [1.165, 1.54) is 6.92 Å². The fraction of sp³-hybridized carbons (Fsp3) is 0.667. The summed E-state index contributed by atoms with van der Waals surface area (Å²) in [6.45, 7) is 3.79. The summed E-state index contributed by atoms with van der Waals surface area (Å²) in [4.78, 5) is 10.5. The Kier molecular flexibility index (Phi) is 6.18. The predicted molar refractivity (Wildman–Crippen MR) is 52.1 cm³/mol. The van der Waals surface area contributed by atoms with Crippen LogP contribution in [0.25, 0.3) is 0 Å². The lowest BCUT2D eigenvalue weighted by Gasteiger charge is -2.12. The van der Waals surface area contributed by atoms with Crippen molar-refractivity contribution in [3.63, 3.8) is 0 Å². The maximum absolute atomic E-state index is 10.5. The van der Waals surface area contributed by atoms with Crippen molar-refractivity contribution in [2.75, 3.05) is 13.2 Å². The van der Waals surface area contributed by atoms with E-state index >= 15 is 0 Å². The van der Waals surface area contributed by atoms with Crippen LogP contribution in [0.15, 0.2) is 11.6 Å². The molecule has 13 heavy (non-hydrogen) atoms. The minimum Gasteiger partial charge on any atom is -0.392 e. The first-order chi connectivity index (χ1) is 6.10. The van der Waals surface area contributed by atoms with Crippen LogP contribution in [0, 0.1) is 0 Å². The van der Waals surface area contributed by atoms with E-state index < -0.39 is 0 Å². The molecule has 0 aromatic rings. The molecule has 0 aliphatic heterocycles. The number of nitrogens with one attached hydrogen (secondary N) is 1. The second-order valence-electron chi connectivity index (χ2n) is 3.01. The number of carbonyl (C=O) groups excluding carboxylic acids is 1. The summed E-state index contributed by atoms with van der Waals surface area (Å²) in [5, 5.41) is 11.5. The van der Waals surface area contributed by atoms with Crippen molar-refractivity contribution in [2.24, 2.45) is 5.73 Å². The first-order valence-electron chi connectivity index (χ1n) is 4.35. The molecule has 4 heteroatoms. The molecule has 0 fully saturated rings. The molecule has 0 aromatic heterocycles. The summed E-state index contributed by atoms with van der Waals surface area (Å²) < 4.78 is 0. The summed E-state index contributed by atoms with van der Waals surface area (Å²) in [7, 11) is 0. The molecule has 76 valence electrons. The number of rotatable bonds is 5. The fourth-order valence-electron chi connectivity index (χ4n) is 0.957. The third-order valence-corrected chi connectivity index (χ3v) is 1.75. The molecule has 0 saturated heterocycles. The van der Waals surface area contributed by atoms with E-state index in [4.69, 9.17) is 10.8 Å². The van der Waals surface area contributed by atoms with Crippen molar-refractivity contribution in [2.45, 2.75) is 26.3 Å². The third-order valence-electron chi connectivity index (χ3n) is 1.75. The topological polar surface area (TPSA) is 75.3 Å². The molecule has 1 amide bonds. The van der Waals surface area contributed by atoms with Crippen LogP contribution in [0.3, 0.4) is 0 Å². The zero-order valence-electron chi connectivity index (χ0n) is 8.21. The smallest absolute Gasteiger partial charge is 0.216 e. The number of carbonyl (C=O) groups is 1. The van der Waals surface area contributed by atoms with Gasteiger partial charge >= 0.3 is 0 Å². The molecule has 0 aliphatic rings. The highest BCUT2D eigenvalue weighted by Gasteiger charge is 2.05. The maximum atomic E-state index is 10.5. The van der Waals surface area contributed by atoms with Crippen LogP contribution in [0.1, 0.15) is 20.3 Å². The Morgan fingerprint density at radius 2 is 2.31 bits per heavy atom. The van der Waals surface area contributed by atoms with Crippen molar-refractivity contribution < 1.29 is 9.90 Å². The molecule has 0 bridgehead atoms. The van der Waals surface area contributed by atoms with Gasteiger partial charge in [0, 0.05) is 19.5 Å². The van der Waals surface area contributed by atoms with Gasteiger partial charge in [-0.05, 0) is 18.9 Å². The normalized spacial score (nSPS) is 14.0. The number of hydrogen-bond donors (Lipinski definition) is 3. The lowest BCUT2D eigenvalue weighted by molar-refractivity contribution is -0.119. The highest BCUT2D eigenvalue weighted by molar-refractivity contribution is 5.72. The Bertz CT molecular complexity index is 190. The average molecular weight is 186 g/mol. The van der Waals surface area contributed by atoms with Gasteiger partial charge in [-0.25, -0.2) is 0 Å². The van der Waals surface area contributed by atoms with Crippen molar-refractivity contribution >= 4 is 5.91 Å². The van der Waals surface area contributed by atoms with Crippen molar-refractivity contribution in [3.05, 3.63) is 11.6 Å². The zero-order chi connectivity index (χ0) is 10.3. The van der Waals surface area contributed by atoms with Crippen molar-refractivity contribution in [1.29, 1.82) is 0 Å².